The molecule has 0 bridgehead atoms. The second kappa shape index (κ2) is 7.90. The maximum atomic E-state index is 12.1. The van der Waals surface area contributed by atoms with Crippen molar-refractivity contribution in [1.29, 1.82) is 0 Å². The summed E-state index contributed by atoms with van der Waals surface area (Å²) in [7, 11) is -3.60. The lowest BCUT2D eigenvalue weighted by Crippen LogP contribution is -2.35. The molecule has 2 rings (SSSR count). The first-order valence-electron chi connectivity index (χ1n) is 8.15. The molecular formula is C15H25N3O4S. The zero-order chi connectivity index (χ0) is 16.9. The van der Waals surface area contributed by atoms with Crippen molar-refractivity contribution in [3.63, 3.8) is 0 Å². The van der Waals surface area contributed by atoms with Crippen LogP contribution < -0.4 is 5.32 Å². The fourth-order valence-corrected chi connectivity index (χ4v) is 3.82. The van der Waals surface area contributed by atoms with Gasteiger partial charge in [0.25, 0.3) is 0 Å². The molecule has 0 radical (unpaired) electrons. The highest BCUT2D eigenvalue weighted by molar-refractivity contribution is 7.91. The molecule has 1 fully saturated rings. The quantitative estimate of drug-likeness (QED) is 0.810. The van der Waals surface area contributed by atoms with E-state index in [2.05, 4.69) is 15.5 Å². The van der Waals surface area contributed by atoms with Gasteiger partial charge in [-0.3, -0.25) is 4.79 Å². The lowest BCUT2D eigenvalue weighted by atomic mass is 9.89. The molecule has 1 aromatic heterocycles. The molecule has 0 atom stereocenters. The number of carbonyl (C=O) groups excluding carboxylic acids is 1. The second-order valence-electron chi connectivity index (χ2n) is 6.54. The molecule has 1 heterocycles. The Morgan fingerprint density at radius 2 is 2.00 bits per heavy atom. The molecular weight excluding hydrogens is 318 g/mol. The zero-order valence-corrected chi connectivity index (χ0v) is 14.6. The molecule has 1 amide bonds. The van der Waals surface area contributed by atoms with E-state index in [1.54, 1.807) is 0 Å². The summed E-state index contributed by atoms with van der Waals surface area (Å²) in [4.78, 5) is 15.9. The first-order valence-corrected chi connectivity index (χ1v) is 9.97. The van der Waals surface area contributed by atoms with Gasteiger partial charge in [0, 0.05) is 12.5 Å². The number of hydrogen-bond acceptors (Lipinski definition) is 6. The number of carbonyl (C=O) groups is 1. The predicted octanol–water partition coefficient (Wildman–Crippen LogP) is 1.80. The van der Waals surface area contributed by atoms with E-state index in [1.807, 2.05) is 13.8 Å². The van der Waals surface area contributed by atoms with Crippen LogP contribution in [-0.2, 0) is 20.4 Å². The molecule has 0 aromatic carbocycles. The first kappa shape index (κ1) is 17.9. The molecule has 0 spiro atoms. The van der Waals surface area contributed by atoms with Crippen LogP contribution in [0.5, 0.6) is 0 Å². The predicted molar refractivity (Wildman–Crippen MR) is 85.5 cm³/mol. The van der Waals surface area contributed by atoms with Gasteiger partial charge in [0.05, 0.1) is 0 Å². The van der Waals surface area contributed by atoms with E-state index in [0.717, 1.165) is 12.8 Å². The van der Waals surface area contributed by atoms with Crippen LogP contribution in [0.15, 0.2) is 4.52 Å². The number of rotatable bonds is 7. The first-order chi connectivity index (χ1) is 10.9. The average molecular weight is 343 g/mol. The van der Waals surface area contributed by atoms with Gasteiger partial charge in [-0.2, -0.15) is 4.98 Å². The summed E-state index contributed by atoms with van der Waals surface area (Å²) in [6, 6.07) is 0. The number of amides is 1. The van der Waals surface area contributed by atoms with Gasteiger partial charge in [0.2, 0.25) is 11.8 Å². The van der Waals surface area contributed by atoms with Crippen molar-refractivity contribution in [2.45, 2.75) is 57.6 Å². The highest BCUT2D eigenvalue weighted by atomic mass is 32.2. The molecule has 0 aliphatic heterocycles. The fourth-order valence-electron chi connectivity index (χ4n) is 2.71. The van der Waals surface area contributed by atoms with Gasteiger partial charge in [-0.15, -0.1) is 0 Å². The standard InChI is InChI=1S/C15H25N3O4S/c1-11(2)15-17-13(18-22-15)9-23(20,21)10-14(19)16-8-12-6-4-3-5-7-12/h11-12H,3-10H2,1-2H3,(H,16,19). The Balaban J connectivity index is 1.80. The molecule has 23 heavy (non-hydrogen) atoms. The summed E-state index contributed by atoms with van der Waals surface area (Å²) in [5.41, 5.74) is 0. The largest absolute Gasteiger partial charge is 0.355 e. The van der Waals surface area contributed by atoms with E-state index in [9.17, 15) is 13.2 Å². The highest BCUT2D eigenvalue weighted by Gasteiger charge is 2.22. The van der Waals surface area contributed by atoms with Crippen molar-refractivity contribution in [2.24, 2.45) is 5.92 Å². The summed E-state index contributed by atoms with van der Waals surface area (Å²) in [5, 5.41) is 6.39. The third-order valence-corrected chi connectivity index (χ3v) is 5.39. The van der Waals surface area contributed by atoms with Crippen LogP contribution in [0.25, 0.3) is 0 Å². The van der Waals surface area contributed by atoms with Crippen LogP contribution in [0.2, 0.25) is 0 Å². The number of nitrogens with zero attached hydrogens (tertiary/aromatic N) is 2. The monoisotopic (exact) mass is 343 g/mol. The summed E-state index contributed by atoms with van der Waals surface area (Å²) in [5.74, 6) is -0.349. The van der Waals surface area contributed by atoms with E-state index in [-0.39, 0.29) is 17.5 Å². The summed E-state index contributed by atoms with van der Waals surface area (Å²) in [6.07, 6.45) is 5.84. The van der Waals surface area contributed by atoms with Crippen LogP contribution >= 0.6 is 0 Å². The van der Waals surface area contributed by atoms with Crippen LogP contribution in [0, 0.1) is 5.92 Å². The van der Waals surface area contributed by atoms with E-state index < -0.39 is 21.5 Å². The molecule has 1 N–H and O–H groups in total. The van der Waals surface area contributed by atoms with Crippen LogP contribution in [-0.4, -0.2) is 36.8 Å². The molecule has 1 aliphatic rings. The van der Waals surface area contributed by atoms with E-state index in [4.69, 9.17) is 4.52 Å². The zero-order valence-electron chi connectivity index (χ0n) is 13.7. The van der Waals surface area contributed by atoms with E-state index in [1.165, 1.54) is 19.3 Å². The number of sulfone groups is 1. The van der Waals surface area contributed by atoms with Crippen molar-refractivity contribution in [2.75, 3.05) is 12.3 Å². The fraction of sp³-hybridized carbons (Fsp3) is 0.800. The maximum absolute atomic E-state index is 12.1. The normalized spacial score (nSPS) is 16.7. The summed E-state index contributed by atoms with van der Waals surface area (Å²) >= 11 is 0. The van der Waals surface area contributed by atoms with Gasteiger partial charge < -0.3 is 9.84 Å². The van der Waals surface area contributed by atoms with Crippen LogP contribution in [0.4, 0.5) is 0 Å². The topological polar surface area (TPSA) is 102 Å². The van der Waals surface area contributed by atoms with Gasteiger partial charge in [-0.25, -0.2) is 8.42 Å². The molecule has 0 unspecified atom stereocenters. The summed E-state index contributed by atoms with van der Waals surface area (Å²) in [6.45, 7) is 4.32. The molecule has 0 saturated heterocycles. The number of aromatic nitrogens is 2. The lowest BCUT2D eigenvalue weighted by Gasteiger charge is -2.21. The highest BCUT2D eigenvalue weighted by Crippen LogP contribution is 2.22. The molecule has 1 saturated carbocycles. The molecule has 7 nitrogen and oxygen atoms in total. The lowest BCUT2D eigenvalue weighted by molar-refractivity contribution is -0.118. The molecule has 130 valence electrons. The smallest absolute Gasteiger partial charge is 0.235 e. The molecule has 8 heteroatoms. The van der Waals surface area contributed by atoms with Crippen molar-refractivity contribution in [1.82, 2.24) is 15.5 Å². The number of hydrogen-bond donors (Lipinski definition) is 1. The third-order valence-electron chi connectivity index (χ3n) is 3.99. The van der Waals surface area contributed by atoms with E-state index in [0.29, 0.717) is 18.4 Å². The minimum atomic E-state index is -3.60. The minimum Gasteiger partial charge on any atom is -0.355 e. The van der Waals surface area contributed by atoms with Crippen molar-refractivity contribution < 1.29 is 17.7 Å². The Hall–Kier alpha value is -1.44. The minimum absolute atomic E-state index is 0.0396. The Bertz CT molecular complexity index is 618. The summed E-state index contributed by atoms with van der Waals surface area (Å²) < 4.78 is 29.1. The van der Waals surface area contributed by atoms with Crippen LogP contribution in [0.3, 0.4) is 0 Å². The Morgan fingerprint density at radius 3 is 2.61 bits per heavy atom. The SMILES string of the molecule is CC(C)c1nc(CS(=O)(=O)CC(=O)NCC2CCCCC2)no1. The molecule has 1 aliphatic carbocycles. The Labute approximate surface area is 137 Å². The van der Waals surface area contributed by atoms with E-state index >= 15 is 0 Å². The molecule has 1 aromatic rings. The average Bonchev–Trinajstić information content (AvgIpc) is 2.93. The van der Waals surface area contributed by atoms with Gasteiger partial charge in [-0.05, 0) is 18.8 Å². The third kappa shape index (κ3) is 5.93. The van der Waals surface area contributed by atoms with Gasteiger partial charge >= 0.3 is 0 Å². The van der Waals surface area contributed by atoms with Crippen LogP contribution in [0.1, 0.15) is 63.6 Å². The van der Waals surface area contributed by atoms with Gasteiger partial charge in [0.1, 0.15) is 11.5 Å². The Morgan fingerprint density at radius 1 is 1.30 bits per heavy atom. The Kier molecular flexibility index (Phi) is 6.15. The van der Waals surface area contributed by atoms with Crippen molar-refractivity contribution in [3.05, 3.63) is 11.7 Å². The van der Waals surface area contributed by atoms with Crippen molar-refractivity contribution in [3.8, 4) is 0 Å². The number of nitrogens with one attached hydrogen (secondary N) is 1. The second-order valence-corrected chi connectivity index (χ2v) is 8.61. The van der Waals surface area contributed by atoms with Crippen molar-refractivity contribution >= 4 is 15.7 Å². The van der Waals surface area contributed by atoms with Gasteiger partial charge in [0.15, 0.2) is 15.7 Å². The van der Waals surface area contributed by atoms with Gasteiger partial charge in [-0.1, -0.05) is 38.3 Å². The maximum Gasteiger partial charge on any atom is 0.235 e.